The van der Waals surface area contributed by atoms with Gasteiger partial charge in [-0.05, 0) is 18.5 Å². The van der Waals surface area contributed by atoms with Crippen molar-refractivity contribution in [3.05, 3.63) is 10.6 Å². The number of nitrogens with zero attached hydrogens (tertiary/aromatic N) is 2. The zero-order chi connectivity index (χ0) is 12.3. The summed E-state index contributed by atoms with van der Waals surface area (Å²) in [5.41, 5.74) is 0.512. The second kappa shape index (κ2) is 4.62. The molecule has 0 aliphatic rings. The molecule has 1 amide bonds. The van der Waals surface area contributed by atoms with Crippen molar-refractivity contribution in [2.45, 2.75) is 39.2 Å². The van der Waals surface area contributed by atoms with Gasteiger partial charge in [0.2, 0.25) is 0 Å². The van der Waals surface area contributed by atoms with Crippen molar-refractivity contribution < 1.29 is 4.79 Å². The average Bonchev–Trinajstić information content (AvgIpc) is 2.65. The van der Waals surface area contributed by atoms with E-state index in [-0.39, 0.29) is 17.4 Å². The van der Waals surface area contributed by atoms with Crippen LogP contribution >= 0.6 is 11.5 Å². The lowest BCUT2D eigenvalue weighted by Gasteiger charge is -2.16. The Bertz CT molecular complexity index is 425. The maximum Gasteiger partial charge on any atom is 0.265 e. The van der Waals surface area contributed by atoms with E-state index in [9.17, 15) is 4.79 Å². The van der Waals surface area contributed by atoms with Gasteiger partial charge in [0.15, 0.2) is 0 Å². The molecule has 5 heteroatoms. The molecule has 0 saturated heterocycles. The number of carbonyl (C=O) groups is 1. The van der Waals surface area contributed by atoms with Crippen LogP contribution in [0.25, 0.3) is 0 Å². The van der Waals surface area contributed by atoms with Gasteiger partial charge in [0.25, 0.3) is 5.91 Å². The zero-order valence-electron chi connectivity index (χ0n) is 9.87. The Labute approximate surface area is 99.6 Å². The molecule has 0 aliphatic carbocycles. The van der Waals surface area contributed by atoms with E-state index < -0.39 is 0 Å². The van der Waals surface area contributed by atoms with E-state index in [1.165, 1.54) is 0 Å². The summed E-state index contributed by atoms with van der Waals surface area (Å²) in [6, 6.07) is -0.289. The number of terminal acetylenes is 1. The van der Waals surface area contributed by atoms with Crippen molar-refractivity contribution in [1.29, 1.82) is 0 Å². The van der Waals surface area contributed by atoms with Crippen LogP contribution < -0.4 is 5.32 Å². The Hall–Kier alpha value is -1.41. The molecule has 0 spiro atoms. The highest BCUT2D eigenvalue weighted by Crippen LogP contribution is 2.25. The monoisotopic (exact) mass is 237 g/mol. The second-order valence-electron chi connectivity index (χ2n) is 4.56. The Morgan fingerprint density at radius 1 is 1.56 bits per heavy atom. The third-order valence-corrected chi connectivity index (χ3v) is 2.73. The van der Waals surface area contributed by atoms with Crippen LogP contribution in [0.2, 0.25) is 0 Å². The van der Waals surface area contributed by atoms with Gasteiger partial charge in [-0.3, -0.25) is 4.79 Å². The highest BCUT2D eigenvalue weighted by molar-refractivity contribution is 7.08. The number of hydrogen-bond donors (Lipinski definition) is 1. The Morgan fingerprint density at radius 3 is 2.69 bits per heavy atom. The van der Waals surface area contributed by atoms with E-state index in [4.69, 9.17) is 6.42 Å². The molecule has 0 aliphatic heterocycles. The standard InChI is InChI=1S/C11H15N3OS/c1-6-7(2)12-10(15)8-9(11(3,4)5)13-14-16-8/h1,7H,2-5H3,(H,12,15). The fourth-order valence-electron chi connectivity index (χ4n) is 1.13. The fourth-order valence-corrected chi connectivity index (χ4v) is 1.91. The fraction of sp³-hybridized carbons (Fsp3) is 0.545. The van der Waals surface area contributed by atoms with Crippen LogP contribution in [0.1, 0.15) is 43.1 Å². The van der Waals surface area contributed by atoms with E-state index >= 15 is 0 Å². The number of nitrogens with one attached hydrogen (secondary N) is 1. The van der Waals surface area contributed by atoms with Crippen molar-refractivity contribution in [3.63, 3.8) is 0 Å². The van der Waals surface area contributed by atoms with Crippen LogP contribution in [0.3, 0.4) is 0 Å². The first-order valence-electron chi connectivity index (χ1n) is 4.96. The number of carbonyl (C=O) groups excluding carboxylic acids is 1. The van der Waals surface area contributed by atoms with E-state index in [2.05, 4.69) is 20.8 Å². The highest BCUT2D eigenvalue weighted by Gasteiger charge is 2.26. The summed E-state index contributed by atoms with van der Waals surface area (Å²) in [5.74, 6) is 2.24. The summed E-state index contributed by atoms with van der Waals surface area (Å²) in [6.45, 7) is 7.73. The van der Waals surface area contributed by atoms with Gasteiger partial charge in [-0.25, -0.2) is 0 Å². The van der Waals surface area contributed by atoms with Gasteiger partial charge >= 0.3 is 0 Å². The summed E-state index contributed by atoms with van der Waals surface area (Å²) in [6.07, 6.45) is 5.20. The number of rotatable bonds is 2. The van der Waals surface area contributed by atoms with Crippen molar-refractivity contribution in [3.8, 4) is 12.3 Å². The van der Waals surface area contributed by atoms with Gasteiger partial charge in [-0.1, -0.05) is 31.2 Å². The highest BCUT2D eigenvalue weighted by atomic mass is 32.1. The van der Waals surface area contributed by atoms with Crippen LogP contribution in [0, 0.1) is 12.3 Å². The smallest absolute Gasteiger partial charge is 0.265 e. The minimum atomic E-state index is -0.289. The molecule has 1 heterocycles. The lowest BCUT2D eigenvalue weighted by Crippen LogP contribution is -2.32. The molecule has 1 aromatic rings. The summed E-state index contributed by atoms with van der Waals surface area (Å²) >= 11 is 1.10. The van der Waals surface area contributed by atoms with E-state index in [0.29, 0.717) is 10.6 Å². The Kier molecular flexibility index (Phi) is 3.66. The summed E-state index contributed by atoms with van der Waals surface area (Å²) < 4.78 is 3.82. The van der Waals surface area contributed by atoms with E-state index in [1.807, 2.05) is 20.8 Å². The summed E-state index contributed by atoms with van der Waals surface area (Å²) in [4.78, 5) is 12.4. The van der Waals surface area contributed by atoms with Crippen LogP contribution in [0.15, 0.2) is 0 Å². The lowest BCUT2D eigenvalue weighted by atomic mass is 9.91. The van der Waals surface area contributed by atoms with Crippen molar-refractivity contribution >= 4 is 17.4 Å². The number of aromatic nitrogens is 2. The first-order valence-corrected chi connectivity index (χ1v) is 5.73. The number of hydrogen-bond acceptors (Lipinski definition) is 4. The normalized spacial score (nSPS) is 12.9. The van der Waals surface area contributed by atoms with Gasteiger partial charge in [0.1, 0.15) is 4.88 Å². The molecule has 0 bridgehead atoms. The average molecular weight is 237 g/mol. The predicted octanol–water partition coefficient (Wildman–Crippen LogP) is 1.59. The Balaban J connectivity index is 2.94. The van der Waals surface area contributed by atoms with Gasteiger partial charge in [-0.15, -0.1) is 11.5 Å². The Morgan fingerprint density at radius 2 is 2.19 bits per heavy atom. The second-order valence-corrected chi connectivity index (χ2v) is 5.32. The van der Waals surface area contributed by atoms with Gasteiger partial charge < -0.3 is 5.32 Å². The lowest BCUT2D eigenvalue weighted by molar-refractivity contribution is 0.0950. The molecule has 86 valence electrons. The molecule has 0 saturated carbocycles. The van der Waals surface area contributed by atoms with Crippen LogP contribution in [0.4, 0.5) is 0 Å². The maximum atomic E-state index is 11.9. The molecule has 4 nitrogen and oxygen atoms in total. The molecule has 1 unspecified atom stereocenters. The topological polar surface area (TPSA) is 54.9 Å². The summed E-state index contributed by atoms with van der Waals surface area (Å²) in [5, 5.41) is 6.70. The van der Waals surface area contributed by atoms with E-state index in [1.54, 1.807) is 6.92 Å². The molecule has 1 rings (SSSR count). The van der Waals surface area contributed by atoms with E-state index in [0.717, 1.165) is 11.5 Å². The molecular weight excluding hydrogens is 222 g/mol. The van der Waals surface area contributed by atoms with Crippen LogP contribution in [0.5, 0.6) is 0 Å². The SMILES string of the molecule is C#CC(C)NC(=O)c1snnc1C(C)(C)C. The van der Waals surface area contributed by atoms with Crippen molar-refractivity contribution in [1.82, 2.24) is 14.9 Å². The maximum absolute atomic E-state index is 11.9. The molecule has 0 fully saturated rings. The third kappa shape index (κ3) is 2.80. The molecular formula is C11H15N3OS. The first kappa shape index (κ1) is 12.7. The van der Waals surface area contributed by atoms with Gasteiger partial charge in [-0.2, -0.15) is 0 Å². The molecule has 1 aromatic heterocycles. The minimum absolute atomic E-state index is 0.195. The molecule has 0 radical (unpaired) electrons. The van der Waals surface area contributed by atoms with Crippen LogP contribution in [-0.2, 0) is 5.41 Å². The summed E-state index contributed by atoms with van der Waals surface area (Å²) in [7, 11) is 0. The largest absolute Gasteiger partial charge is 0.338 e. The predicted molar refractivity (Wildman–Crippen MR) is 64.4 cm³/mol. The number of amides is 1. The first-order chi connectivity index (χ1) is 7.36. The zero-order valence-corrected chi connectivity index (χ0v) is 10.7. The van der Waals surface area contributed by atoms with Gasteiger partial charge in [0.05, 0.1) is 11.7 Å². The quantitative estimate of drug-likeness (QED) is 0.795. The van der Waals surface area contributed by atoms with Crippen molar-refractivity contribution in [2.24, 2.45) is 0 Å². The third-order valence-electron chi connectivity index (χ3n) is 2.00. The molecule has 1 atom stereocenters. The molecule has 1 N–H and O–H groups in total. The van der Waals surface area contributed by atoms with Gasteiger partial charge in [0, 0.05) is 5.41 Å². The molecule has 16 heavy (non-hydrogen) atoms. The van der Waals surface area contributed by atoms with Crippen molar-refractivity contribution in [2.75, 3.05) is 0 Å². The van der Waals surface area contributed by atoms with Crippen LogP contribution in [-0.4, -0.2) is 21.5 Å². The minimum Gasteiger partial charge on any atom is -0.338 e. The molecule has 0 aromatic carbocycles.